The van der Waals surface area contributed by atoms with Crippen LogP contribution < -0.4 is 15.4 Å². The quantitative estimate of drug-likeness (QED) is 0.816. The van der Waals surface area contributed by atoms with Crippen LogP contribution in [0.4, 0.5) is 5.69 Å². The molecule has 5 heteroatoms. The number of imide groups is 1. The van der Waals surface area contributed by atoms with Crippen molar-refractivity contribution in [1.29, 1.82) is 0 Å². The Labute approximate surface area is 152 Å². The standard InChI is InChI=1S/C21H20N2O3/c24-20-11-17(21(25)23-20)9-14-5-7-18(8-6-14)22-12-15-10-16-3-1-2-4-19(16)26-13-15/h1-8,10,17,22H,9,11-13H2,(H,23,24,25)/t17-/m1/s1. The van der Waals surface area contributed by atoms with Crippen molar-refractivity contribution in [2.24, 2.45) is 5.92 Å². The highest BCUT2D eigenvalue weighted by atomic mass is 16.5. The summed E-state index contributed by atoms with van der Waals surface area (Å²) in [5.41, 5.74) is 4.37. The van der Waals surface area contributed by atoms with E-state index >= 15 is 0 Å². The summed E-state index contributed by atoms with van der Waals surface area (Å²) < 4.78 is 5.76. The Kier molecular flexibility index (Phi) is 4.44. The molecule has 1 fully saturated rings. The highest BCUT2D eigenvalue weighted by molar-refractivity contribution is 6.03. The first-order valence-electron chi connectivity index (χ1n) is 8.75. The van der Waals surface area contributed by atoms with Crippen molar-refractivity contribution in [2.45, 2.75) is 12.8 Å². The third kappa shape index (κ3) is 3.61. The average molecular weight is 348 g/mol. The molecule has 1 atom stereocenters. The summed E-state index contributed by atoms with van der Waals surface area (Å²) in [6.45, 7) is 1.31. The Hall–Kier alpha value is -3.08. The lowest BCUT2D eigenvalue weighted by atomic mass is 9.98. The predicted octanol–water partition coefficient (Wildman–Crippen LogP) is 2.78. The van der Waals surface area contributed by atoms with Gasteiger partial charge in [0, 0.05) is 24.2 Å². The van der Waals surface area contributed by atoms with Crippen molar-refractivity contribution in [3.05, 3.63) is 65.2 Å². The topological polar surface area (TPSA) is 67.4 Å². The fourth-order valence-corrected chi connectivity index (χ4v) is 3.30. The lowest BCUT2D eigenvalue weighted by Crippen LogP contribution is -2.22. The van der Waals surface area contributed by atoms with E-state index in [1.54, 1.807) is 0 Å². The molecule has 2 aromatic carbocycles. The van der Waals surface area contributed by atoms with Gasteiger partial charge >= 0.3 is 0 Å². The molecule has 0 saturated carbocycles. The number of fused-ring (bicyclic) bond motifs is 1. The molecule has 2 heterocycles. The lowest BCUT2D eigenvalue weighted by Gasteiger charge is -2.18. The van der Waals surface area contributed by atoms with Crippen LogP contribution in [0.2, 0.25) is 0 Å². The van der Waals surface area contributed by atoms with Gasteiger partial charge < -0.3 is 10.1 Å². The van der Waals surface area contributed by atoms with Gasteiger partial charge in [-0.3, -0.25) is 14.9 Å². The van der Waals surface area contributed by atoms with Crippen molar-refractivity contribution in [2.75, 3.05) is 18.5 Å². The molecule has 132 valence electrons. The van der Waals surface area contributed by atoms with Gasteiger partial charge in [0.05, 0.1) is 5.92 Å². The minimum Gasteiger partial charge on any atom is -0.489 e. The molecule has 5 nitrogen and oxygen atoms in total. The van der Waals surface area contributed by atoms with E-state index in [0.717, 1.165) is 22.6 Å². The van der Waals surface area contributed by atoms with Gasteiger partial charge in [-0.2, -0.15) is 0 Å². The number of carbonyl (C=O) groups is 2. The first-order valence-corrected chi connectivity index (χ1v) is 8.75. The molecule has 0 radical (unpaired) electrons. The SMILES string of the molecule is O=C1C[C@@H](Cc2ccc(NCC3=Cc4ccccc4OC3)cc2)C(=O)N1. The van der Waals surface area contributed by atoms with Gasteiger partial charge in [-0.15, -0.1) is 0 Å². The second-order valence-corrected chi connectivity index (χ2v) is 6.70. The average Bonchev–Trinajstić information content (AvgIpc) is 2.98. The predicted molar refractivity (Wildman–Crippen MR) is 99.8 cm³/mol. The van der Waals surface area contributed by atoms with Crippen LogP contribution >= 0.6 is 0 Å². The van der Waals surface area contributed by atoms with Crippen molar-refractivity contribution in [1.82, 2.24) is 5.32 Å². The Morgan fingerprint density at radius 3 is 2.65 bits per heavy atom. The van der Waals surface area contributed by atoms with E-state index in [0.29, 0.717) is 19.6 Å². The fourth-order valence-electron chi connectivity index (χ4n) is 3.30. The minimum atomic E-state index is -0.245. The third-order valence-corrected chi connectivity index (χ3v) is 4.71. The van der Waals surface area contributed by atoms with Gasteiger partial charge in [0.2, 0.25) is 11.8 Å². The van der Waals surface area contributed by atoms with Gasteiger partial charge in [0.25, 0.3) is 0 Å². The van der Waals surface area contributed by atoms with Crippen molar-refractivity contribution in [3.8, 4) is 5.75 Å². The first-order chi connectivity index (χ1) is 12.7. The zero-order valence-electron chi connectivity index (χ0n) is 14.3. The molecule has 26 heavy (non-hydrogen) atoms. The van der Waals surface area contributed by atoms with E-state index in [1.165, 1.54) is 5.57 Å². The Morgan fingerprint density at radius 2 is 1.88 bits per heavy atom. The molecule has 1 saturated heterocycles. The van der Waals surface area contributed by atoms with Crippen LogP contribution in [0.1, 0.15) is 17.5 Å². The summed E-state index contributed by atoms with van der Waals surface area (Å²) in [5.74, 6) is 0.338. The molecule has 0 spiro atoms. The number of hydrogen-bond donors (Lipinski definition) is 2. The highest BCUT2D eigenvalue weighted by Crippen LogP contribution is 2.26. The number of ether oxygens (including phenoxy) is 1. The summed E-state index contributed by atoms with van der Waals surface area (Å²) in [4.78, 5) is 22.9. The van der Waals surface area contributed by atoms with Gasteiger partial charge in [0.15, 0.2) is 0 Å². The Balaban J connectivity index is 1.34. The van der Waals surface area contributed by atoms with E-state index in [4.69, 9.17) is 4.74 Å². The molecule has 0 aliphatic carbocycles. The van der Waals surface area contributed by atoms with Gasteiger partial charge in [-0.25, -0.2) is 0 Å². The number of carbonyl (C=O) groups excluding carboxylic acids is 2. The van der Waals surface area contributed by atoms with Crippen molar-refractivity contribution >= 4 is 23.6 Å². The van der Waals surface area contributed by atoms with Crippen LogP contribution in [0, 0.1) is 5.92 Å². The lowest BCUT2D eigenvalue weighted by molar-refractivity contribution is -0.125. The molecule has 0 aromatic heterocycles. The van der Waals surface area contributed by atoms with Crippen molar-refractivity contribution < 1.29 is 14.3 Å². The van der Waals surface area contributed by atoms with Crippen LogP contribution in [-0.2, 0) is 16.0 Å². The summed E-state index contributed by atoms with van der Waals surface area (Å²) >= 11 is 0. The van der Waals surface area contributed by atoms with Crippen LogP contribution in [0.25, 0.3) is 6.08 Å². The normalized spacial score (nSPS) is 18.6. The summed E-state index contributed by atoms with van der Waals surface area (Å²) in [6.07, 6.45) is 3.04. The van der Waals surface area contributed by atoms with Gasteiger partial charge in [-0.05, 0) is 41.8 Å². The Morgan fingerprint density at radius 1 is 1.08 bits per heavy atom. The van der Waals surface area contributed by atoms with Crippen LogP contribution in [0.15, 0.2) is 54.1 Å². The molecule has 0 unspecified atom stereocenters. The molecule has 0 bridgehead atoms. The molecule has 2 N–H and O–H groups in total. The number of anilines is 1. The summed E-state index contributed by atoms with van der Waals surface area (Å²) in [7, 11) is 0. The molecular weight excluding hydrogens is 328 g/mol. The van der Waals surface area contributed by atoms with Crippen molar-refractivity contribution in [3.63, 3.8) is 0 Å². The van der Waals surface area contributed by atoms with Gasteiger partial charge in [-0.1, -0.05) is 30.3 Å². The summed E-state index contributed by atoms with van der Waals surface area (Å²) in [5, 5.41) is 5.75. The summed E-state index contributed by atoms with van der Waals surface area (Å²) in [6, 6.07) is 16.0. The van der Waals surface area contributed by atoms with Crippen LogP contribution in [-0.4, -0.2) is 25.0 Å². The van der Waals surface area contributed by atoms with E-state index < -0.39 is 0 Å². The van der Waals surface area contributed by atoms with E-state index in [2.05, 4.69) is 16.7 Å². The van der Waals surface area contributed by atoms with Crippen LogP contribution in [0.5, 0.6) is 5.75 Å². The number of hydrogen-bond acceptors (Lipinski definition) is 4. The molecule has 2 aliphatic rings. The third-order valence-electron chi connectivity index (χ3n) is 4.71. The second-order valence-electron chi connectivity index (χ2n) is 6.70. The maximum atomic E-state index is 11.7. The number of nitrogens with one attached hydrogen (secondary N) is 2. The minimum absolute atomic E-state index is 0.165. The zero-order valence-corrected chi connectivity index (χ0v) is 14.3. The van der Waals surface area contributed by atoms with Crippen LogP contribution in [0.3, 0.4) is 0 Å². The molecule has 2 amide bonds. The molecule has 2 aromatic rings. The van der Waals surface area contributed by atoms with E-state index in [-0.39, 0.29) is 24.2 Å². The monoisotopic (exact) mass is 348 g/mol. The highest BCUT2D eigenvalue weighted by Gasteiger charge is 2.30. The van der Waals surface area contributed by atoms with Gasteiger partial charge in [0.1, 0.15) is 12.4 Å². The molecular formula is C21H20N2O3. The zero-order chi connectivity index (χ0) is 17.9. The maximum Gasteiger partial charge on any atom is 0.230 e. The largest absolute Gasteiger partial charge is 0.489 e. The maximum absolute atomic E-state index is 11.7. The number of benzene rings is 2. The second kappa shape index (κ2) is 7.04. The number of rotatable bonds is 5. The number of amides is 2. The molecule has 2 aliphatic heterocycles. The molecule has 4 rings (SSSR count). The van der Waals surface area contributed by atoms with E-state index in [1.807, 2.05) is 48.5 Å². The first kappa shape index (κ1) is 16.4. The fraction of sp³-hybridized carbons (Fsp3) is 0.238. The Bertz CT molecular complexity index is 871. The van der Waals surface area contributed by atoms with E-state index in [9.17, 15) is 9.59 Å². The number of para-hydroxylation sites is 1. The smallest absolute Gasteiger partial charge is 0.230 e.